The Morgan fingerprint density at radius 3 is 0.422 bits per heavy atom. The van der Waals surface area contributed by atoms with Crippen molar-refractivity contribution in [3.05, 3.63) is 362 Å². The van der Waals surface area contributed by atoms with Crippen molar-refractivity contribution in [3.8, 4) is 134 Å². The average Bonchev–Trinajstić information content (AvgIpc) is 1.48. The van der Waals surface area contributed by atoms with E-state index in [1.54, 1.807) is 0 Å². The van der Waals surface area contributed by atoms with Crippen molar-refractivity contribution in [1.82, 2.24) is 0 Å². The van der Waals surface area contributed by atoms with Crippen molar-refractivity contribution in [3.63, 3.8) is 0 Å². The van der Waals surface area contributed by atoms with E-state index in [1.165, 1.54) is 307 Å². The first-order chi connectivity index (χ1) is 57.4. The molecule has 25 aromatic rings. The molecule has 0 bridgehead atoms. The molecule has 0 radical (unpaired) electrons. The molecule has 0 spiro atoms. The first kappa shape index (κ1) is 63.0. The molecule has 0 heterocycles. The molecule has 532 valence electrons. The highest BCUT2D eigenvalue weighted by molar-refractivity contribution is 6.54. The maximum absolute atomic E-state index is 2.53. The van der Waals surface area contributed by atoms with Gasteiger partial charge in [-0.3, -0.25) is 0 Å². The Bertz CT molecular complexity index is 7620. The third-order valence-electron chi connectivity index (χ3n) is 28.1. The smallest absolute Gasteiger partial charge is 0.000717 e. The molecule has 2 aliphatic carbocycles. The van der Waals surface area contributed by atoms with Crippen LogP contribution < -0.4 is 0 Å². The van der Waals surface area contributed by atoms with Gasteiger partial charge in [0.15, 0.2) is 0 Å². The molecule has 0 amide bonds. The standard InChI is InChI=1S/C116H68/c1-61-62(2)90(66-31-15-6-16-32-66)106-78-54-58-86-103-85(57-53-77(101(78)103)105(106)89(61)65-29-13-5-14-30-65)113-93(69-37-21-9-22-38-69)109-81-49-45-73-75-47-51-83-100-84(52-48-76(98(75)100)74-46-50-82(99(81)97(73)74)110(109)94(114(86)113)70-39-23-10-24-40-70)112-96(72-43-27-12-28-44-72)116-88-60-56-80-102-79(55-59-87(104(88)102)115(116)95(111(83)112)71-41-25-11-26-42-71)107-91(67-33-17-7-18-34-67)63(3)64(4)92(108(80)107)68-35-19-8-20-36-68/h5-60H,1-4H3. The molecule has 27 rings (SSSR count). The van der Waals surface area contributed by atoms with Crippen LogP contribution in [0, 0.1) is 27.7 Å². The average molecular weight is 1460 g/mol. The Kier molecular flexibility index (Phi) is 12.3. The minimum atomic E-state index is 1.23. The molecule has 0 atom stereocenters. The molecule has 0 aromatic heterocycles. The summed E-state index contributed by atoms with van der Waals surface area (Å²) in [5.74, 6) is 0. The van der Waals surface area contributed by atoms with Gasteiger partial charge in [0.05, 0.1) is 0 Å². The van der Waals surface area contributed by atoms with Gasteiger partial charge < -0.3 is 0 Å². The summed E-state index contributed by atoms with van der Waals surface area (Å²) in [5.41, 5.74) is 36.4. The second-order valence-electron chi connectivity index (χ2n) is 33.2. The summed E-state index contributed by atoms with van der Waals surface area (Å²) in [6, 6.07) is 131. The molecular weight excluding hydrogens is 1390 g/mol. The van der Waals surface area contributed by atoms with Gasteiger partial charge in [0.25, 0.3) is 0 Å². The van der Waals surface area contributed by atoms with Crippen LogP contribution in [0.25, 0.3) is 284 Å². The molecule has 0 aliphatic heterocycles. The number of rotatable bonds is 8. The van der Waals surface area contributed by atoms with Crippen LogP contribution in [0.1, 0.15) is 22.3 Å². The van der Waals surface area contributed by atoms with Crippen molar-refractivity contribution in [2.24, 2.45) is 0 Å². The lowest BCUT2D eigenvalue weighted by atomic mass is 9.81. The number of fused-ring (bicyclic) bond motifs is 20. The number of hydrogen-bond acceptors (Lipinski definition) is 0. The third-order valence-corrected chi connectivity index (χ3v) is 28.1. The van der Waals surface area contributed by atoms with Crippen molar-refractivity contribution < 1.29 is 0 Å². The van der Waals surface area contributed by atoms with Gasteiger partial charge in [-0.05, 0) is 334 Å². The molecule has 0 saturated heterocycles. The molecule has 2 aliphatic rings. The van der Waals surface area contributed by atoms with Crippen LogP contribution in [0.2, 0.25) is 0 Å². The van der Waals surface area contributed by atoms with E-state index in [9.17, 15) is 0 Å². The fourth-order valence-corrected chi connectivity index (χ4v) is 23.5. The highest BCUT2D eigenvalue weighted by Crippen LogP contribution is 2.66. The Hall–Kier alpha value is -14.6. The second-order valence-corrected chi connectivity index (χ2v) is 33.2. The first-order valence-corrected chi connectivity index (χ1v) is 41.1. The second kappa shape index (κ2) is 22.6. The number of hydrogen-bond donors (Lipinski definition) is 0. The van der Waals surface area contributed by atoms with Crippen molar-refractivity contribution in [1.29, 1.82) is 0 Å². The molecule has 0 unspecified atom stereocenters. The van der Waals surface area contributed by atoms with E-state index in [0.717, 1.165) is 0 Å². The van der Waals surface area contributed by atoms with E-state index in [1.807, 2.05) is 0 Å². The summed E-state index contributed by atoms with van der Waals surface area (Å²) in [6.45, 7) is 9.41. The topological polar surface area (TPSA) is 0 Å². The van der Waals surface area contributed by atoms with Gasteiger partial charge in [0.2, 0.25) is 0 Å². The van der Waals surface area contributed by atoms with Crippen LogP contribution in [-0.4, -0.2) is 0 Å². The van der Waals surface area contributed by atoms with Crippen LogP contribution in [0.15, 0.2) is 340 Å². The minimum Gasteiger partial charge on any atom is -0.0622 e. The van der Waals surface area contributed by atoms with Gasteiger partial charge in [0.1, 0.15) is 0 Å². The summed E-state index contributed by atoms with van der Waals surface area (Å²) in [5, 5.41) is 36.9. The normalized spacial score (nSPS) is 12.7. The summed E-state index contributed by atoms with van der Waals surface area (Å²) in [4.78, 5) is 0. The quantitative estimate of drug-likeness (QED) is 0.105. The summed E-state index contributed by atoms with van der Waals surface area (Å²) >= 11 is 0. The zero-order valence-electron chi connectivity index (χ0n) is 64.3. The maximum Gasteiger partial charge on any atom is -0.000717 e. The van der Waals surface area contributed by atoms with Crippen LogP contribution in [0.4, 0.5) is 0 Å². The molecule has 116 heavy (non-hydrogen) atoms. The molecule has 25 aromatic carbocycles. The molecule has 0 fully saturated rings. The lowest BCUT2D eigenvalue weighted by molar-refractivity contribution is 1.34. The van der Waals surface area contributed by atoms with Gasteiger partial charge in [0, 0.05) is 0 Å². The Labute approximate surface area is 669 Å². The van der Waals surface area contributed by atoms with E-state index in [0.29, 0.717) is 0 Å². The predicted octanol–water partition coefficient (Wildman–Crippen LogP) is 32.9. The van der Waals surface area contributed by atoms with Crippen molar-refractivity contribution in [2.45, 2.75) is 27.7 Å². The molecular formula is C116H68. The van der Waals surface area contributed by atoms with Crippen LogP contribution in [0.3, 0.4) is 0 Å². The largest absolute Gasteiger partial charge is 0.0622 e. The predicted molar refractivity (Wildman–Crippen MR) is 499 cm³/mol. The van der Waals surface area contributed by atoms with E-state index in [4.69, 9.17) is 0 Å². The first-order valence-electron chi connectivity index (χ1n) is 41.1. The van der Waals surface area contributed by atoms with Gasteiger partial charge >= 0.3 is 0 Å². The van der Waals surface area contributed by atoms with E-state index >= 15 is 0 Å². The van der Waals surface area contributed by atoms with Crippen molar-refractivity contribution in [2.75, 3.05) is 0 Å². The van der Waals surface area contributed by atoms with E-state index in [-0.39, 0.29) is 0 Å². The van der Waals surface area contributed by atoms with Gasteiger partial charge in [-0.1, -0.05) is 340 Å². The maximum atomic E-state index is 2.53. The highest BCUT2D eigenvalue weighted by Gasteiger charge is 2.39. The van der Waals surface area contributed by atoms with Crippen LogP contribution in [0.5, 0.6) is 0 Å². The molecule has 0 nitrogen and oxygen atoms in total. The monoisotopic (exact) mass is 1460 g/mol. The van der Waals surface area contributed by atoms with Gasteiger partial charge in [-0.25, -0.2) is 0 Å². The summed E-state index contributed by atoms with van der Waals surface area (Å²) < 4.78 is 0. The Morgan fingerprint density at radius 1 is 0.103 bits per heavy atom. The SMILES string of the molecule is Cc1c(C)c(-c2ccccc2)c2c(c1-c1ccccc1)-c1ccc3c4c(-c5ccccc5)c5c6ccc7c8ccc9c%10c(-c%11ccccc%11)c%11c%12ccc%13c%14c(ccc(c%11c(-c%11ccccc%11)c%10c%10ccc(c%11ccc(c5c(-c5ccccc5)c4c4ccc-2c1c34)c6c7%11)c8c9%10)c%14%12)-c1c(-c2ccccc2)c(C)c(C)c(-c2ccccc2)c1-%13. The van der Waals surface area contributed by atoms with Gasteiger partial charge in [-0.15, -0.1) is 0 Å². The van der Waals surface area contributed by atoms with Gasteiger partial charge in [-0.2, -0.15) is 0 Å². The van der Waals surface area contributed by atoms with Crippen molar-refractivity contribution >= 4 is 151 Å². The summed E-state index contributed by atoms with van der Waals surface area (Å²) in [7, 11) is 0. The Balaban J connectivity index is 0.753. The molecule has 0 heteroatoms. The number of benzene rings is 21. The molecule has 0 N–H and O–H groups in total. The zero-order valence-corrected chi connectivity index (χ0v) is 64.3. The third kappa shape index (κ3) is 7.71. The fraction of sp³-hybridized carbons (Fsp3) is 0.0345. The van der Waals surface area contributed by atoms with E-state index < -0.39 is 0 Å². The summed E-state index contributed by atoms with van der Waals surface area (Å²) in [6.07, 6.45) is 0. The minimum absolute atomic E-state index is 1.23. The fourth-order valence-electron chi connectivity index (χ4n) is 23.5. The lowest BCUT2D eigenvalue weighted by Gasteiger charge is -2.22. The highest BCUT2D eigenvalue weighted by atomic mass is 14.4. The van der Waals surface area contributed by atoms with Crippen LogP contribution in [-0.2, 0) is 0 Å². The van der Waals surface area contributed by atoms with E-state index in [2.05, 4.69) is 367 Å². The molecule has 0 saturated carbocycles. The zero-order chi connectivity index (χ0) is 75.9. The Morgan fingerprint density at radius 2 is 0.241 bits per heavy atom. The van der Waals surface area contributed by atoms with Crippen LogP contribution >= 0.6 is 0 Å². The lowest BCUT2D eigenvalue weighted by Crippen LogP contribution is -1.98.